The van der Waals surface area contributed by atoms with Gasteiger partial charge in [0.25, 0.3) is 0 Å². The number of benzene rings is 2. The molecule has 0 aliphatic carbocycles. The third-order valence-corrected chi connectivity index (χ3v) is 5.91. The monoisotopic (exact) mass is 419 g/mol. The highest BCUT2D eigenvalue weighted by atomic mass is 16.5. The highest BCUT2D eigenvalue weighted by Crippen LogP contribution is 2.31. The van der Waals surface area contributed by atoms with Gasteiger partial charge in [-0.15, -0.1) is 5.10 Å². The Hall–Kier alpha value is -2.46. The first-order valence-electron chi connectivity index (χ1n) is 11.4. The van der Waals surface area contributed by atoms with Gasteiger partial charge in [-0.05, 0) is 29.4 Å². The standard InChI is InChI=1S/C27H37N3O/c1-7-27(5,6)20-31-19-23-16-12-11-13-21(23)17-18-30-24(22-14-9-8-10-15-22)25(28-29-30)26(2,3)4/h8-16H,7,17-20H2,1-6H3. The molecule has 4 nitrogen and oxygen atoms in total. The number of rotatable bonds is 9. The van der Waals surface area contributed by atoms with Crippen LogP contribution in [0.15, 0.2) is 54.6 Å². The molecule has 0 radical (unpaired) electrons. The van der Waals surface area contributed by atoms with Crippen molar-refractivity contribution in [3.05, 3.63) is 71.4 Å². The molecular formula is C27H37N3O. The molecule has 1 aromatic heterocycles. The molecular weight excluding hydrogens is 382 g/mol. The molecule has 0 amide bonds. The molecule has 0 atom stereocenters. The van der Waals surface area contributed by atoms with E-state index in [1.54, 1.807) is 0 Å². The average Bonchev–Trinajstić information content (AvgIpc) is 3.18. The van der Waals surface area contributed by atoms with Gasteiger partial charge in [0.15, 0.2) is 0 Å². The lowest BCUT2D eigenvalue weighted by atomic mass is 9.89. The fourth-order valence-corrected chi connectivity index (χ4v) is 3.56. The van der Waals surface area contributed by atoms with Crippen molar-refractivity contribution in [2.75, 3.05) is 6.61 Å². The van der Waals surface area contributed by atoms with Gasteiger partial charge in [-0.1, -0.05) is 101 Å². The summed E-state index contributed by atoms with van der Waals surface area (Å²) in [7, 11) is 0. The zero-order valence-electron chi connectivity index (χ0n) is 20.0. The predicted molar refractivity (Wildman–Crippen MR) is 128 cm³/mol. The van der Waals surface area contributed by atoms with E-state index >= 15 is 0 Å². The quantitative estimate of drug-likeness (QED) is 0.401. The van der Waals surface area contributed by atoms with Gasteiger partial charge < -0.3 is 4.74 Å². The molecule has 3 aromatic rings. The summed E-state index contributed by atoms with van der Waals surface area (Å²) in [6.45, 7) is 15.5. The fourth-order valence-electron chi connectivity index (χ4n) is 3.56. The minimum absolute atomic E-state index is 0.0682. The van der Waals surface area contributed by atoms with Crippen LogP contribution in [-0.2, 0) is 29.7 Å². The summed E-state index contributed by atoms with van der Waals surface area (Å²) in [5.74, 6) is 0. The summed E-state index contributed by atoms with van der Waals surface area (Å²) >= 11 is 0. The Labute approximate surface area is 187 Å². The van der Waals surface area contributed by atoms with Crippen molar-refractivity contribution in [1.29, 1.82) is 0 Å². The van der Waals surface area contributed by atoms with Crippen LogP contribution in [0.25, 0.3) is 11.3 Å². The van der Waals surface area contributed by atoms with Gasteiger partial charge in [0.05, 0.1) is 24.6 Å². The number of aryl methyl sites for hydroxylation is 2. The molecule has 1 heterocycles. The molecule has 4 heteroatoms. The van der Waals surface area contributed by atoms with Gasteiger partial charge in [0.1, 0.15) is 0 Å². The second kappa shape index (κ2) is 9.78. The van der Waals surface area contributed by atoms with Crippen molar-refractivity contribution in [2.45, 2.75) is 73.0 Å². The zero-order chi connectivity index (χ0) is 22.5. The fraction of sp³-hybridized carbons (Fsp3) is 0.481. The van der Waals surface area contributed by atoms with E-state index in [0.717, 1.165) is 42.9 Å². The largest absolute Gasteiger partial charge is 0.376 e. The van der Waals surface area contributed by atoms with Crippen LogP contribution in [0, 0.1) is 5.41 Å². The Morgan fingerprint density at radius 3 is 2.16 bits per heavy atom. The molecule has 0 saturated carbocycles. The Morgan fingerprint density at radius 2 is 1.52 bits per heavy atom. The number of nitrogens with zero attached hydrogens (tertiary/aromatic N) is 3. The summed E-state index contributed by atoms with van der Waals surface area (Å²) in [6, 6.07) is 19.0. The SMILES string of the molecule is CCC(C)(C)COCc1ccccc1CCn1nnc(C(C)(C)C)c1-c1ccccc1. The molecule has 0 bridgehead atoms. The number of hydrogen-bond acceptors (Lipinski definition) is 3. The average molecular weight is 420 g/mol. The van der Waals surface area contributed by atoms with Crippen LogP contribution < -0.4 is 0 Å². The lowest BCUT2D eigenvalue weighted by molar-refractivity contribution is 0.0491. The van der Waals surface area contributed by atoms with E-state index in [1.165, 1.54) is 11.1 Å². The normalized spacial score (nSPS) is 12.3. The van der Waals surface area contributed by atoms with Crippen molar-refractivity contribution in [1.82, 2.24) is 15.0 Å². The Morgan fingerprint density at radius 1 is 0.871 bits per heavy atom. The van der Waals surface area contributed by atoms with E-state index in [-0.39, 0.29) is 10.8 Å². The third-order valence-electron chi connectivity index (χ3n) is 5.91. The molecule has 0 spiro atoms. The van der Waals surface area contributed by atoms with Crippen molar-refractivity contribution < 1.29 is 4.74 Å². The molecule has 0 aliphatic rings. The van der Waals surface area contributed by atoms with Crippen LogP contribution in [0.3, 0.4) is 0 Å². The van der Waals surface area contributed by atoms with Gasteiger partial charge in [0.2, 0.25) is 0 Å². The van der Waals surface area contributed by atoms with Gasteiger partial charge in [0, 0.05) is 17.5 Å². The number of aromatic nitrogens is 3. The second-order valence-corrected chi connectivity index (χ2v) is 10.2. The molecule has 31 heavy (non-hydrogen) atoms. The lowest BCUT2D eigenvalue weighted by Gasteiger charge is -2.22. The molecule has 166 valence electrons. The van der Waals surface area contributed by atoms with Gasteiger partial charge in [-0.25, -0.2) is 4.68 Å². The molecule has 0 aliphatic heterocycles. The van der Waals surface area contributed by atoms with Gasteiger partial charge >= 0.3 is 0 Å². The Balaban J connectivity index is 1.79. The summed E-state index contributed by atoms with van der Waals surface area (Å²) < 4.78 is 8.14. The van der Waals surface area contributed by atoms with E-state index in [2.05, 4.69) is 105 Å². The van der Waals surface area contributed by atoms with Crippen molar-refractivity contribution in [3.63, 3.8) is 0 Å². The molecule has 2 aromatic carbocycles. The minimum atomic E-state index is -0.0682. The third kappa shape index (κ3) is 6.04. The first kappa shape index (κ1) is 23.2. The molecule has 0 N–H and O–H groups in total. The highest BCUT2D eigenvalue weighted by Gasteiger charge is 2.25. The van der Waals surface area contributed by atoms with Crippen LogP contribution in [0.1, 0.15) is 64.8 Å². The second-order valence-electron chi connectivity index (χ2n) is 10.2. The van der Waals surface area contributed by atoms with Crippen molar-refractivity contribution in [3.8, 4) is 11.3 Å². The van der Waals surface area contributed by atoms with E-state index in [0.29, 0.717) is 6.61 Å². The minimum Gasteiger partial charge on any atom is -0.376 e. The molecule has 3 rings (SSSR count). The number of ether oxygens (including phenoxy) is 1. The maximum Gasteiger partial charge on any atom is 0.0960 e. The topological polar surface area (TPSA) is 39.9 Å². The van der Waals surface area contributed by atoms with E-state index in [4.69, 9.17) is 4.74 Å². The van der Waals surface area contributed by atoms with E-state index in [9.17, 15) is 0 Å². The van der Waals surface area contributed by atoms with Gasteiger partial charge in [-0.2, -0.15) is 0 Å². The van der Waals surface area contributed by atoms with Crippen LogP contribution >= 0.6 is 0 Å². The smallest absolute Gasteiger partial charge is 0.0960 e. The predicted octanol–water partition coefficient (Wildman–Crippen LogP) is 6.44. The molecule has 0 fully saturated rings. The molecule has 0 saturated heterocycles. The maximum atomic E-state index is 6.08. The maximum absolute atomic E-state index is 6.08. The van der Waals surface area contributed by atoms with Gasteiger partial charge in [-0.3, -0.25) is 0 Å². The van der Waals surface area contributed by atoms with E-state index in [1.807, 2.05) is 6.07 Å². The lowest BCUT2D eigenvalue weighted by Crippen LogP contribution is -2.18. The van der Waals surface area contributed by atoms with Crippen LogP contribution in [-0.4, -0.2) is 21.6 Å². The van der Waals surface area contributed by atoms with E-state index < -0.39 is 0 Å². The van der Waals surface area contributed by atoms with Crippen molar-refractivity contribution >= 4 is 0 Å². The first-order chi connectivity index (χ1) is 14.7. The van der Waals surface area contributed by atoms with Crippen LogP contribution in [0.4, 0.5) is 0 Å². The first-order valence-corrected chi connectivity index (χ1v) is 11.4. The number of hydrogen-bond donors (Lipinski definition) is 0. The Bertz CT molecular complexity index is 968. The summed E-state index contributed by atoms with van der Waals surface area (Å²) in [4.78, 5) is 0. The highest BCUT2D eigenvalue weighted by molar-refractivity contribution is 5.63. The zero-order valence-corrected chi connectivity index (χ0v) is 20.0. The van der Waals surface area contributed by atoms with Crippen LogP contribution in [0.5, 0.6) is 0 Å². The summed E-state index contributed by atoms with van der Waals surface area (Å²) in [5.41, 5.74) is 6.03. The summed E-state index contributed by atoms with van der Waals surface area (Å²) in [5, 5.41) is 9.12. The Kier molecular flexibility index (Phi) is 7.32. The van der Waals surface area contributed by atoms with Crippen LogP contribution in [0.2, 0.25) is 0 Å². The van der Waals surface area contributed by atoms with Crippen molar-refractivity contribution in [2.24, 2.45) is 5.41 Å². The summed E-state index contributed by atoms with van der Waals surface area (Å²) in [6.07, 6.45) is 2.00. The molecule has 0 unspecified atom stereocenters.